The van der Waals surface area contributed by atoms with E-state index in [1.807, 2.05) is 0 Å². The largest absolute Gasteiger partial charge is 0.412 e. The van der Waals surface area contributed by atoms with Crippen LogP contribution >= 0.6 is 13.5 Å². The molecule has 76 valence electrons. The van der Waals surface area contributed by atoms with Crippen LogP contribution in [0.5, 0.6) is 0 Å². The highest BCUT2D eigenvalue weighted by Crippen LogP contribution is 1.33. The van der Waals surface area contributed by atoms with Crippen LogP contribution in [-0.2, 0) is 75.7 Å². The fourth-order valence-corrected chi connectivity index (χ4v) is 11.0. The Hall–Kier alpha value is 1.67. The summed E-state index contributed by atoms with van der Waals surface area (Å²) in [6.07, 6.45) is 0. The molecule has 0 saturated heterocycles. The Kier molecular flexibility index (Phi) is 57.4. The lowest BCUT2D eigenvalue weighted by Crippen LogP contribution is -1.33. The van der Waals surface area contributed by atoms with E-state index in [0.29, 0.717) is 0 Å². The second-order valence-electron chi connectivity index (χ2n) is 0.408. The first-order chi connectivity index (χ1) is 4.91. The minimum atomic E-state index is 0. The third-order valence-electron chi connectivity index (χ3n) is 0.139. The molecule has 2 N–H and O–H groups in total. The van der Waals surface area contributed by atoms with Crippen molar-refractivity contribution < 1.29 is 5.48 Å². The van der Waals surface area contributed by atoms with Gasteiger partial charge >= 0.3 is 0 Å². The average molecular weight is 341 g/mol. The van der Waals surface area contributed by atoms with Crippen LogP contribution in [0.1, 0.15) is 0 Å². The van der Waals surface area contributed by atoms with Crippen LogP contribution in [0.2, 0.25) is 0 Å². The van der Waals surface area contributed by atoms with E-state index in [0.717, 1.165) is 0 Å². The van der Waals surface area contributed by atoms with Crippen molar-refractivity contribution in [2.75, 3.05) is 0 Å². The van der Waals surface area contributed by atoms with Crippen LogP contribution in [0, 0.1) is 9.93 Å². The van der Waals surface area contributed by atoms with Crippen LogP contribution in [0.3, 0.4) is 0 Å². The highest BCUT2D eigenvalue weighted by molar-refractivity contribution is 8.70. The van der Waals surface area contributed by atoms with E-state index in [1.54, 1.807) is 35.5 Å². The summed E-state index contributed by atoms with van der Waals surface area (Å²) in [7, 11) is 9.12. The van der Waals surface area contributed by atoms with E-state index in [1.165, 1.54) is 17.8 Å². The molecule has 12 heteroatoms. The summed E-state index contributed by atoms with van der Waals surface area (Å²) < 4.78 is 0. The molecule has 0 aliphatic heterocycles. The van der Waals surface area contributed by atoms with Crippen molar-refractivity contribution >= 4 is 89.2 Å². The molecule has 0 aromatic carbocycles. The van der Waals surface area contributed by atoms with E-state index in [9.17, 15) is 0 Å². The smallest absolute Gasteiger partial charge is 0 e. The molecule has 0 radical (unpaired) electrons. The van der Waals surface area contributed by atoms with Gasteiger partial charge in [-0.15, -0.1) is 0 Å². The first kappa shape index (κ1) is 23.5. The van der Waals surface area contributed by atoms with Crippen molar-refractivity contribution in [2.24, 2.45) is 0 Å². The number of rotatable bonds is 0. The SMILES string of the molecule is O.O=O.S.S=S=S=S=S=S=S=S. The van der Waals surface area contributed by atoms with Crippen molar-refractivity contribution in [1.82, 2.24) is 0 Å². The van der Waals surface area contributed by atoms with Crippen molar-refractivity contribution in [2.45, 2.75) is 0 Å². The van der Waals surface area contributed by atoms with Gasteiger partial charge in [-0.1, -0.05) is 0 Å². The molecule has 0 rings (SSSR count). The lowest BCUT2D eigenvalue weighted by molar-refractivity contribution is 0.824. The third kappa shape index (κ3) is 29.9. The molecule has 0 aromatic rings. The quantitative estimate of drug-likeness (QED) is 0.587. The summed E-state index contributed by atoms with van der Waals surface area (Å²) in [5.74, 6) is 0. The Bertz CT molecular complexity index is 252. The van der Waals surface area contributed by atoms with Gasteiger partial charge in [0.2, 0.25) is 0 Å². The zero-order chi connectivity index (χ0) is 8.24. The Morgan fingerprint density at radius 1 is 0.750 bits per heavy atom. The van der Waals surface area contributed by atoms with Gasteiger partial charge in [0.15, 0.2) is 0 Å². The molecule has 0 atom stereocenters. The van der Waals surface area contributed by atoms with Crippen LogP contribution in [0.25, 0.3) is 0 Å². The van der Waals surface area contributed by atoms with Gasteiger partial charge in [-0.2, -0.15) is 13.5 Å². The molecule has 12 heavy (non-hydrogen) atoms. The summed E-state index contributed by atoms with van der Waals surface area (Å²) in [4.78, 5) is 14.0. The fourth-order valence-electron chi connectivity index (χ4n) is 0.0454. The second kappa shape index (κ2) is 29.3. The average Bonchev–Trinajstić information content (AvgIpc) is 2.02. The molecule has 0 aromatic heterocycles. The Morgan fingerprint density at radius 3 is 1.17 bits per heavy atom. The summed E-state index contributed by atoms with van der Waals surface area (Å²) in [5, 5.41) is 0. The molecule has 0 bridgehead atoms. The summed E-state index contributed by atoms with van der Waals surface area (Å²) in [5.41, 5.74) is 0. The lowest BCUT2D eigenvalue weighted by Gasteiger charge is -1.33. The van der Waals surface area contributed by atoms with Gasteiger partial charge in [-0.25, -0.2) is 0 Å². The van der Waals surface area contributed by atoms with Crippen LogP contribution in [0.4, 0.5) is 0 Å². The highest BCUT2D eigenvalue weighted by atomic mass is 33.4. The van der Waals surface area contributed by atoms with Crippen LogP contribution in [0.15, 0.2) is 0 Å². The van der Waals surface area contributed by atoms with Gasteiger partial charge in [0.1, 0.15) is 0 Å². The maximum Gasteiger partial charge on any atom is 0 e. The number of hydrogen-bond acceptors (Lipinski definition) is 4. The zero-order valence-corrected chi connectivity index (χ0v) is 12.6. The lowest BCUT2D eigenvalue weighted by atomic mass is 15.3. The first-order valence-corrected chi connectivity index (χ1v) is 10.7. The van der Waals surface area contributed by atoms with Gasteiger partial charge in [0.25, 0.3) is 0 Å². The predicted molar refractivity (Wildman–Crippen MR) is 79.6 cm³/mol. The van der Waals surface area contributed by atoms with Gasteiger partial charge in [0, 0.05) is 85.6 Å². The zero-order valence-electron chi connectivity index (χ0n) is 5.08. The molecule has 0 amide bonds. The Labute approximate surface area is 103 Å². The summed E-state index contributed by atoms with van der Waals surface area (Å²) in [6, 6.07) is 0. The molecule has 0 spiro atoms. The molecule has 0 unspecified atom stereocenters. The fraction of sp³-hybridized carbons (Fsp3) is 0. The third-order valence-corrected chi connectivity index (χ3v) is 11.2. The van der Waals surface area contributed by atoms with Crippen LogP contribution < -0.4 is 0 Å². The predicted octanol–water partition coefficient (Wildman–Crippen LogP) is -0.664. The van der Waals surface area contributed by atoms with Crippen LogP contribution in [-0.4, -0.2) is 5.48 Å². The molecule has 0 saturated carbocycles. The first-order valence-electron chi connectivity index (χ1n) is 1.33. The van der Waals surface area contributed by atoms with Crippen molar-refractivity contribution in [3.8, 4) is 0 Å². The van der Waals surface area contributed by atoms with E-state index in [2.05, 4.69) is 22.4 Å². The van der Waals surface area contributed by atoms with Crippen molar-refractivity contribution in [1.29, 1.82) is 0 Å². The van der Waals surface area contributed by atoms with E-state index in [4.69, 9.17) is 9.93 Å². The highest BCUT2D eigenvalue weighted by Gasteiger charge is 1.33. The van der Waals surface area contributed by atoms with E-state index in [-0.39, 0.29) is 19.0 Å². The topological polar surface area (TPSA) is 65.6 Å². The van der Waals surface area contributed by atoms with Crippen molar-refractivity contribution in [3.05, 3.63) is 9.93 Å². The van der Waals surface area contributed by atoms with Gasteiger partial charge in [-0.3, -0.25) is 0 Å². The molecule has 0 aliphatic rings. The van der Waals surface area contributed by atoms with Gasteiger partial charge < -0.3 is 5.48 Å². The van der Waals surface area contributed by atoms with E-state index >= 15 is 0 Å². The van der Waals surface area contributed by atoms with Crippen molar-refractivity contribution in [3.63, 3.8) is 0 Å². The Balaban J connectivity index is -0.0000000740. The minimum Gasteiger partial charge on any atom is -0.412 e. The monoisotopic (exact) mass is 340 g/mol. The Morgan fingerprint density at radius 2 is 1.00 bits per heavy atom. The molecular formula is H4O3S9. The molecular weight excluding hydrogens is 337 g/mol. The molecule has 0 fully saturated rings. The molecule has 3 nitrogen and oxygen atoms in total. The van der Waals surface area contributed by atoms with Gasteiger partial charge in [-0.05, 0) is 0 Å². The van der Waals surface area contributed by atoms with Gasteiger partial charge in [0.05, 0.1) is 0 Å². The van der Waals surface area contributed by atoms with E-state index < -0.39 is 0 Å². The number of hydrogen-bond donors (Lipinski definition) is 0. The maximum absolute atomic E-state index is 7.00. The molecule has 0 aliphatic carbocycles. The summed E-state index contributed by atoms with van der Waals surface area (Å²) in [6.45, 7) is 0. The molecule has 0 heterocycles. The minimum absolute atomic E-state index is 0. The standard InChI is InChI=1S/O2.H2O.S8.H2S/c1-2;;1-3-5-7-8-6-4-2;/h;1H2;;1H2. The second-order valence-corrected chi connectivity index (χ2v) is 11.0. The summed E-state index contributed by atoms with van der Waals surface area (Å²) >= 11 is 9.21. The maximum atomic E-state index is 7.00. The normalized spacial score (nSPS) is 4.67.